The lowest BCUT2D eigenvalue weighted by Crippen LogP contribution is -2.68. The van der Waals surface area contributed by atoms with Gasteiger partial charge in [-0.15, -0.1) is 0 Å². The first kappa shape index (κ1) is 21.8. The van der Waals surface area contributed by atoms with E-state index in [4.69, 9.17) is 25.8 Å². The third-order valence-corrected chi connectivity index (χ3v) is 6.05. The van der Waals surface area contributed by atoms with Crippen molar-refractivity contribution in [3.63, 3.8) is 0 Å². The number of likely N-dealkylation sites (tertiary alicyclic amines) is 1. The molecule has 0 amide bonds. The molecular weight excluding hydrogens is 435 g/mol. The number of alkyl halides is 3. The zero-order valence-electron chi connectivity index (χ0n) is 16.7. The molecule has 9 heteroatoms. The molecule has 2 aromatic rings. The number of rotatable bonds is 6. The predicted octanol–water partition coefficient (Wildman–Crippen LogP) is 5.06. The standard InChI is InChI=1S/C22H21ClF3NO4/c1-29-16-11-10-15(13-6-3-2-4-7-13)18(23)19(16)30-17-12-27(14-8-5-9-14)20(17)31-21(28)22(24,25)26/h2-4,6-7,10-11,14,17,20H,5,8-9,12H2,1H3. The minimum Gasteiger partial charge on any atom is -0.493 e. The number of ether oxygens (including phenoxy) is 3. The Hall–Kier alpha value is -2.45. The van der Waals surface area contributed by atoms with Crippen molar-refractivity contribution in [3.8, 4) is 22.6 Å². The first-order chi connectivity index (χ1) is 14.8. The van der Waals surface area contributed by atoms with Crippen molar-refractivity contribution in [3.05, 3.63) is 47.5 Å². The Morgan fingerprint density at radius 2 is 1.84 bits per heavy atom. The number of esters is 1. The molecule has 1 saturated heterocycles. The molecular formula is C22H21ClF3NO4. The van der Waals surface area contributed by atoms with Gasteiger partial charge >= 0.3 is 12.1 Å². The van der Waals surface area contributed by atoms with Gasteiger partial charge in [0.05, 0.1) is 12.1 Å². The predicted molar refractivity (Wildman–Crippen MR) is 108 cm³/mol. The van der Waals surface area contributed by atoms with Crippen LogP contribution >= 0.6 is 11.6 Å². The maximum absolute atomic E-state index is 12.8. The number of hydrogen-bond acceptors (Lipinski definition) is 5. The molecule has 1 aliphatic carbocycles. The van der Waals surface area contributed by atoms with Gasteiger partial charge in [-0.25, -0.2) is 4.79 Å². The number of halogens is 4. The second-order valence-corrected chi connectivity index (χ2v) is 7.93. The summed E-state index contributed by atoms with van der Waals surface area (Å²) in [7, 11) is 1.45. The summed E-state index contributed by atoms with van der Waals surface area (Å²) in [5.74, 6) is -1.68. The third kappa shape index (κ3) is 4.32. The highest BCUT2D eigenvalue weighted by atomic mass is 35.5. The van der Waals surface area contributed by atoms with Crippen molar-refractivity contribution < 1.29 is 32.2 Å². The Morgan fingerprint density at radius 3 is 2.42 bits per heavy atom. The maximum Gasteiger partial charge on any atom is 0.490 e. The van der Waals surface area contributed by atoms with Crippen LogP contribution in [0.25, 0.3) is 11.1 Å². The summed E-state index contributed by atoms with van der Waals surface area (Å²) in [5, 5.41) is 0.272. The largest absolute Gasteiger partial charge is 0.493 e. The van der Waals surface area contributed by atoms with Gasteiger partial charge < -0.3 is 14.2 Å². The highest BCUT2D eigenvalue weighted by Gasteiger charge is 2.52. The van der Waals surface area contributed by atoms with E-state index in [1.165, 1.54) is 7.11 Å². The van der Waals surface area contributed by atoms with Gasteiger partial charge in [-0.1, -0.05) is 48.4 Å². The zero-order valence-corrected chi connectivity index (χ0v) is 17.4. The molecule has 2 atom stereocenters. The summed E-state index contributed by atoms with van der Waals surface area (Å²) in [5.41, 5.74) is 1.54. The molecule has 0 aromatic heterocycles. The molecule has 0 radical (unpaired) electrons. The van der Waals surface area contributed by atoms with Crippen LogP contribution in [0.5, 0.6) is 11.5 Å². The fraction of sp³-hybridized carbons (Fsp3) is 0.409. The molecule has 2 aromatic carbocycles. The van der Waals surface area contributed by atoms with Gasteiger partial charge in [0.2, 0.25) is 0 Å². The quantitative estimate of drug-likeness (QED) is 0.570. The molecule has 2 unspecified atom stereocenters. The Labute approximate surface area is 182 Å². The van der Waals surface area contributed by atoms with Gasteiger partial charge in [0, 0.05) is 18.2 Å². The second-order valence-electron chi connectivity index (χ2n) is 7.56. The van der Waals surface area contributed by atoms with E-state index in [-0.39, 0.29) is 16.8 Å². The smallest absolute Gasteiger partial charge is 0.490 e. The minimum atomic E-state index is -5.08. The second kappa shape index (κ2) is 8.59. The summed E-state index contributed by atoms with van der Waals surface area (Å²) in [6, 6.07) is 12.9. The van der Waals surface area contributed by atoms with Crippen molar-refractivity contribution in [1.29, 1.82) is 0 Å². The van der Waals surface area contributed by atoms with Crippen LogP contribution in [-0.2, 0) is 9.53 Å². The normalized spacial score (nSPS) is 21.7. The Bertz CT molecular complexity index is 950. The summed E-state index contributed by atoms with van der Waals surface area (Å²) < 4.78 is 54.5. The number of nitrogens with zero attached hydrogens (tertiary/aromatic N) is 1. The van der Waals surface area contributed by atoms with Crippen molar-refractivity contribution in [2.75, 3.05) is 13.7 Å². The first-order valence-electron chi connectivity index (χ1n) is 9.91. The van der Waals surface area contributed by atoms with Gasteiger partial charge in [-0.3, -0.25) is 4.90 Å². The number of carbonyl (C=O) groups excluding carboxylic acids is 1. The Balaban J connectivity index is 1.60. The molecule has 0 spiro atoms. The van der Waals surface area contributed by atoms with Crippen LogP contribution < -0.4 is 9.47 Å². The number of methoxy groups -OCH3 is 1. The highest BCUT2D eigenvalue weighted by molar-refractivity contribution is 6.35. The van der Waals surface area contributed by atoms with E-state index in [0.29, 0.717) is 17.9 Å². The Kier molecular flexibility index (Phi) is 6.03. The number of carbonyl (C=O) groups is 1. The molecule has 1 heterocycles. The van der Waals surface area contributed by atoms with Crippen molar-refractivity contribution in [2.24, 2.45) is 0 Å². The summed E-state index contributed by atoms with van der Waals surface area (Å²) in [6.07, 6.45) is -4.33. The molecule has 0 N–H and O–H groups in total. The van der Waals surface area contributed by atoms with Crippen LogP contribution in [0.2, 0.25) is 5.02 Å². The van der Waals surface area contributed by atoms with Crippen LogP contribution in [0.4, 0.5) is 13.2 Å². The Morgan fingerprint density at radius 1 is 1.13 bits per heavy atom. The monoisotopic (exact) mass is 455 g/mol. The molecule has 5 nitrogen and oxygen atoms in total. The van der Waals surface area contributed by atoms with Crippen LogP contribution in [0.1, 0.15) is 19.3 Å². The molecule has 0 bridgehead atoms. The number of benzene rings is 2. The first-order valence-corrected chi connectivity index (χ1v) is 10.3. The fourth-order valence-electron chi connectivity index (χ4n) is 3.77. The third-order valence-electron chi connectivity index (χ3n) is 5.67. The van der Waals surface area contributed by atoms with E-state index in [9.17, 15) is 18.0 Å². The lowest BCUT2D eigenvalue weighted by Gasteiger charge is -2.52. The minimum absolute atomic E-state index is 0.0823. The van der Waals surface area contributed by atoms with Gasteiger partial charge in [0.25, 0.3) is 0 Å². The van der Waals surface area contributed by atoms with Gasteiger partial charge in [0.15, 0.2) is 23.8 Å². The highest BCUT2D eigenvalue weighted by Crippen LogP contribution is 2.44. The van der Waals surface area contributed by atoms with Crippen molar-refractivity contribution in [2.45, 2.75) is 43.8 Å². The summed E-state index contributed by atoms with van der Waals surface area (Å²) >= 11 is 6.61. The van der Waals surface area contributed by atoms with Gasteiger partial charge in [0.1, 0.15) is 0 Å². The molecule has 4 rings (SSSR count). The maximum atomic E-state index is 12.8. The molecule has 1 aliphatic heterocycles. The lowest BCUT2D eigenvalue weighted by molar-refractivity contribution is -0.246. The van der Waals surface area contributed by atoms with E-state index in [1.807, 2.05) is 30.3 Å². The molecule has 31 heavy (non-hydrogen) atoms. The van der Waals surface area contributed by atoms with Crippen molar-refractivity contribution >= 4 is 17.6 Å². The fourth-order valence-corrected chi connectivity index (χ4v) is 4.08. The van der Waals surface area contributed by atoms with Crippen LogP contribution in [0, 0.1) is 0 Å². The average molecular weight is 456 g/mol. The SMILES string of the molecule is COc1ccc(-c2ccccc2)c(Cl)c1OC1CN(C2CCC2)C1OC(=O)C(F)(F)F. The van der Waals surface area contributed by atoms with E-state index < -0.39 is 24.5 Å². The molecule has 2 aliphatic rings. The zero-order chi connectivity index (χ0) is 22.2. The topological polar surface area (TPSA) is 48.0 Å². The van der Waals surface area contributed by atoms with E-state index in [0.717, 1.165) is 24.8 Å². The summed E-state index contributed by atoms with van der Waals surface area (Å²) in [4.78, 5) is 13.2. The number of hydrogen-bond donors (Lipinski definition) is 0. The molecule has 1 saturated carbocycles. The van der Waals surface area contributed by atoms with Crippen molar-refractivity contribution in [1.82, 2.24) is 4.90 Å². The lowest BCUT2D eigenvalue weighted by atomic mass is 9.88. The van der Waals surface area contributed by atoms with Gasteiger partial charge in [-0.05, 0) is 30.5 Å². The molecule has 2 fully saturated rings. The average Bonchev–Trinajstić information content (AvgIpc) is 2.70. The molecule has 166 valence electrons. The van der Waals surface area contributed by atoms with Crippen LogP contribution in [-0.4, -0.2) is 49.1 Å². The van der Waals surface area contributed by atoms with Crippen LogP contribution in [0.3, 0.4) is 0 Å². The van der Waals surface area contributed by atoms with E-state index in [1.54, 1.807) is 17.0 Å². The van der Waals surface area contributed by atoms with E-state index in [2.05, 4.69) is 0 Å². The van der Waals surface area contributed by atoms with E-state index >= 15 is 0 Å². The van der Waals surface area contributed by atoms with Crippen LogP contribution in [0.15, 0.2) is 42.5 Å². The summed E-state index contributed by atoms with van der Waals surface area (Å²) in [6.45, 7) is 0.329. The van der Waals surface area contributed by atoms with Gasteiger partial charge in [-0.2, -0.15) is 13.2 Å².